The summed E-state index contributed by atoms with van der Waals surface area (Å²) in [6.45, 7) is 2.71. The van der Waals surface area contributed by atoms with Crippen LogP contribution in [-0.4, -0.2) is 24.6 Å². The molecular formula is C18H17ClN2O3S2. The second-order valence-corrected chi connectivity index (χ2v) is 9.16. The molecular weight excluding hydrogens is 392 g/mol. The van der Waals surface area contributed by atoms with Crippen molar-refractivity contribution in [2.75, 3.05) is 5.75 Å². The molecule has 1 aromatic heterocycles. The molecule has 1 heterocycles. The molecule has 3 aromatic rings. The molecule has 0 saturated carbocycles. The van der Waals surface area contributed by atoms with Crippen LogP contribution < -0.4 is 4.80 Å². The van der Waals surface area contributed by atoms with Crippen molar-refractivity contribution in [3.05, 3.63) is 58.4 Å². The minimum atomic E-state index is -3.71. The number of sulfone groups is 1. The van der Waals surface area contributed by atoms with Gasteiger partial charge in [-0.2, -0.15) is 4.99 Å². The van der Waals surface area contributed by atoms with Crippen molar-refractivity contribution in [1.29, 1.82) is 0 Å². The number of rotatable bonds is 5. The van der Waals surface area contributed by atoms with Crippen LogP contribution in [0.3, 0.4) is 0 Å². The summed E-state index contributed by atoms with van der Waals surface area (Å²) in [6, 6.07) is 13.4. The predicted octanol–water partition coefficient (Wildman–Crippen LogP) is 3.67. The van der Waals surface area contributed by atoms with Crippen molar-refractivity contribution in [2.45, 2.75) is 24.8 Å². The molecule has 1 amide bonds. The van der Waals surface area contributed by atoms with Crippen LogP contribution in [0.4, 0.5) is 0 Å². The fourth-order valence-corrected chi connectivity index (χ4v) is 5.06. The third-order valence-corrected chi connectivity index (χ3v) is 6.62. The highest BCUT2D eigenvalue weighted by atomic mass is 35.5. The summed E-state index contributed by atoms with van der Waals surface area (Å²) < 4.78 is 27.5. The van der Waals surface area contributed by atoms with E-state index < -0.39 is 21.5 Å². The monoisotopic (exact) mass is 408 g/mol. The fourth-order valence-electron chi connectivity index (χ4n) is 2.58. The van der Waals surface area contributed by atoms with Crippen LogP contribution in [-0.2, 0) is 21.2 Å². The third-order valence-electron chi connectivity index (χ3n) is 3.73. The Hall–Kier alpha value is -1.96. The predicted molar refractivity (Wildman–Crippen MR) is 104 cm³/mol. The molecule has 0 aliphatic heterocycles. The molecule has 0 N–H and O–H groups in total. The molecule has 0 bridgehead atoms. The van der Waals surface area contributed by atoms with Crippen LogP contribution in [0, 0.1) is 0 Å². The molecule has 3 rings (SSSR count). The van der Waals surface area contributed by atoms with E-state index in [0.29, 0.717) is 16.4 Å². The van der Waals surface area contributed by atoms with E-state index in [0.717, 1.165) is 16.6 Å². The summed E-state index contributed by atoms with van der Waals surface area (Å²) >= 11 is 7.36. The molecule has 5 nitrogen and oxygen atoms in total. The summed E-state index contributed by atoms with van der Waals surface area (Å²) in [7, 11) is -3.71. The van der Waals surface area contributed by atoms with Gasteiger partial charge in [0.1, 0.15) is 5.75 Å². The maximum Gasteiger partial charge on any atom is 0.263 e. The molecule has 0 atom stereocenters. The summed E-state index contributed by atoms with van der Waals surface area (Å²) in [4.78, 5) is 17.0. The zero-order valence-electron chi connectivity index (χ0n) is 14.1. The molecule has 0 aliphatic rings. The van der Waals surface area contributed by atoms with Crippen LogP contribution in [0.5, 0.6) is 0 Å². The highest BCUT2D eigenvalue weighted by molar-refractivity contribution is 7.92. The smallest absolute Gasteiger partial charge is 0.263 e. The standard InChI is InChI=1S/C18H17ClN2O3S2/c1-2-10-21-15-9-8-13(19)11-16(15)25-18(21)20-17(22)12-26(23,24)14-6-4-3-5-7-14/h3-9,11H,2,10,12H2,1H3. The van der Waals surface area contributed by atoms with E-state index in [1.807, 2.05) is 23.6 Å². The lowest BCUT2D eigenvalue weighted by Gasteiger charge is -2.03. The largest absolute Gasteiger partial charge is 0.316 e. The quantitative estimate of drug-likeness (QED) is 0.646. The topological polar surface area (TPSA) is 68.5 Å². The summed E-state index contributed by atoms with van der Waals surface area (Å²) in [5.41, 5.74) is 0.929. The van der Waals surface area contributed by atoms with Crippen LogP contribution in [0.2, 0.25) is 5.02 Å². The Morgan fingerprint density at radius 3 is 2.62 bits per heavy atom. The number of amides is 1. The van der Waals surface area contributed by atoms with Gasteiger partial charge in [0.15, 0.2) is 14.6 Å². The second-order valence-electron chi connectivity index (χ2n) is 5.73. The Balaban J connectivity index is 1.99. The minimum absolute atomic E-state index is 0.119. The number of aromatic nitrogens is 1. The lowest BCUT2D eigenvalue weighted by atomic mass is 10.3. The van der Waals surface area contributed by atoms with E-state index >= 15 is 0 Å². The Kier molecular flexibility index (Phi) is 5.60. The molecule has 136 valence electrons. The van der Waals surface area contributed by atoms with Crippen molar-refractivity contribution < 1.29 is 13.2 Å². The summed E-state index contributed by atoms with van der Waals surface area (Å²) in [5, 5.41) is 0.604. The number of thiazole rings is 1. The van der Waals surface area contributed by atoms with E-state index in [1.165, 1.54) is 23.5 Å². The van der Waals surface area contributed by atoms with Gasteiger partial charge >= 0.3 is 0 Å². The van der Waals surface area contributed by atoms with Gasteiger partial charge in [-0.1, -0.05) is 48.1 Å². The van der Waals surface area contributed by atoms with Gasteiger partial charge in [-0.3, -0.25) is 4.79 Å². The van der Waals surface area contributed by atoms with Crippen LogP contribution in [0.25, 0.3) is 10.2 Å². The molecule has 26 heavy (non-hydrogen) atoms. The normalized spacial score (nSPS) is 12.6. The lowest BCUT2D eigenvalue weighted by molar-refractivity contribution is -0.115. The lowest BCUT2D eigenvalue weighted by Crippen LogP contribution is -2.21. The van der Waals surface area contributed by atoms with Gasteiger partial charge in [-0.25, -0.2) is 8.42 Å². The molecule has 0 unspecified atom stereocenters. The first-order valence-electron chi connectivity index (χ1n) is 8.05. The van der Waals surface area contributed by atoms with E-state index in [9.17, 15) is 13.2 Å². The first-order chi connectivity index (χ1) is 12.4. The molecule has 0 spiro atoms. The highest BCUT2D eigenvalue weighted by Crippen LogP contribution is 2.22. The average molecular weight is 409 g/mol. The van der Waals surface area contributed by atoms with Gasteiger partial charge in [0.2, 0.25) is 0 Å². The number of fused-ring (bicyclic) bond motifs is 1. The number of carbonyl (C=O) groups excluding carboxylic acids is 1. The first-order valence-corrected chi connectivity index (χ1v) is 10.9. The maximum absolute atomic E-state index is 12.4. The Bertz CT molecular complexity index is 1120. The second kappa shape index (κ2) is 7.73. The van der Waals surface area contributed by atoms with Gasteiger partial charge in [-0.15, -0.1) is 0 Å². The minimum Gasteiger partial charge on any atom is -0.316 e. The van der Waals surface area contributed by atoms with Crippen molar-refractivity contribution in [3.63, 3.8) is 0 Å². The average Bonchev–Trinajstić information content (AvgIpc) is 2.92. The Morgan fingerprint density at radius 2 is 1.92 bits per heavy atom. The number of hydrogen-bond acceptors (Lipinski definition) is 4. The van der Waals surface area contributed by atoms with E-state index in [2.05, 4.69) is 4.99 Å². The zero-order valence-corrected chi connectivity index (χ0v) is 16.4. The van der Waals surface area contributed by atoms with E-state index in [-0.39, 0.29) is 4.90 Å². The van der Waals surface area contributed by atoms with Gasteiger partial charge in [0.25, 0.3) is 5.91 Å². The number of hydrogen-bond donors (Lipinski definition) is 0. The highest BCUT2D eigenvalue weighted by Gasteiger charge is 2.19. The van der Waals surface area contributed by atoms with Crippen molar-refractivity contribution in [2.24, 2.45) is 4.99 Å². The Morgan fingerprint density at radius 1 is 1.19 bits per heavy atom. The van der Waals surface area contributed by atoms with Gasteiger partial charge in [0, 0.05) is 11.6 Å². The van der Waals surface area contributed by atoms with Crippen LogP contribution in [0.1, 0.15) is 13.3 Å². The zero-order chi connectivity index (χ0) is 18.7. The number of aryl methyl sites for hydroxylation is 1. The number of halogens is 1. The van der Waals surface area contributed by atoms with Crippen molar-refractivity contribution in [1.82, 2.24) is 4.57 Å². The third kappa shape index (κ3) is 4.06. The molecule has 0 radical (unpaired) electrons. The maximum atomic E-state index is 12.4. The summed E-state index contributed by atoms with van der Waals surface area (Å²) in [6.07, 6.45) is 0.859. The molecule has 2 aromatic carbocycles. The van der Waals surface area contributed by atoms with Crippen LogP contribution >= 0.6 is 22.9 Å². The number of carbonyl (C=O) groups is 1. The number of benzene rings is 2. The molecule has 8 heteroatoms. The molecule has 0 fully saturated rings. The van der Waals surface area contributed by atoms with Gasteiger partial charge < -0.3 is 4.57 Å². The van der Waals surface area contributed by atoms with E-state index in [1.54, 1.807) is 24.3 Å². The SMILES string of the molecule is CCCn1c(=NC(=O)CS(=O)(=O)c2ccccc2)sc2cc(Cl)ccc21. The van der Waals surface area contributed by atoms with Crippen LogP contribution in [0.15, 0.2) is 58.4 Å². The molecule has 0 aliphatic carbocycles. The first kappa shape index (κ1) is 18.8. The van der Waals surface area contributed by atoms with Gasteiger partial charge in [-0.05, 0) is 36.8 Å². The molecule has 0 saturated heterocycles. The fraction of sp³-hybridized carbons (Fsp3) is 0.222. The van der Waals surface area contributed by atoms with E-state index in [4.69, 9.17) is 11.6 Å². The van der Waals surface area contributed by atoms with Crippen molar-refractivity contribution >= 4 is 48.9 Å². The van der Waals surface area contributed by atoms with Crippen molar-refractivity contribution in [3.8, 4) is 0 Å². The summed E-state index contributed by atoms with van der Waals surface area (Å²) in [5.74, 6) is -1.34. The number of nitrogens with zero attached hydrogens (tertiary/aromatic N) is 2. The van der Waals surface area contributed by atoms with Gasteiger partial charge in [0.05, 0.1) is 15.1 Å². The Labute approximate surface area is 160 Å².